The van der Waals surface area contributed by atoms with Crippen molar-refractivity contribution in [1.29, 1.82) is 0 Å². The highest BCUT2D eigenvalue weighted by molar-refractivity contribution is 5.93. The molecule has 11 nitrogen and oxygen atoms in total. The zero-order valence-corrected chi connectivity index (χ0v) is 23.5. The number of rotatable bonds is 7. The third-order valence-electron chi connectivity index (χ3n) is 6.68. The van der Waals surface area contributed by atoms with E-state index in [-0.39, 0.29) is 5.43 Å². The molecule has 0 radical (unpaired) electrons. The summed E-state index contributed by atoms with van der Waals surface area (Å²) >= 11 is 0. The van der Waals surface area contributed by atoms with Gasteiger partial charge in [0.05, 0.1) is 42.5 Å². The minimum Gasteiger partial charge on any atom is -0.425 e. The predicted octanol–water partition coefficient (Wildman–Crippen LogP) is 3.76. The topological polar surface area (TPSA) is 129 Å². The second-order valence-corrected chi connectivity index (χ2v) is 11.0. The van der Waals surface area contributed by atoms with Gasteiger partial charge in [0.25, 0.3) is 0 Å². The lowest BCUT2D eigenvalue weighted by Crippen LogP contribution is -2.37. The van der Waals surface area contributed by atoms with Gasteiger partial charge in [0.2, 0.25) is 6.29 Å². The van der Waals surface area contributed by atoms with E-state index in [4.69, 9.17) is 14.2 Å². The zero-order chi connectivity index (χ0) is 29.1. The van der Waals surface area contributed by atoms with E-state index < -0.39 is 23.6 Å². The number of carbonyl (C=O) groups excluding carboxylic acids is 2. The summed E-state index contributed by atoms with van der Waals surface area (Å²) in [5.74, 6) is -0.311. The lowest BCUT2D eigenvalue weighted by atomic mass is 9.97. The average Bonchev–Trinajstić information content (AvgIpc) is 3.41. The van der Waals surface area contributed by atoms with Crippen molar-refractivity contribution in [3.05, 3.63) is 76.1 Å². The van der Waals surface area contributed by atoms with Crippen molar-refractivity contribution in [3.8, 4) is 11.3 Å². The van der Waals surface area contributed by atoms with Crippen LogP contribution in [0.5, 0.6) is 0 Å². The van der Waals surface area contributed by atoms with Crippen LogP contribution in [0.1, 0.15) is 43.6 Å². The summed E-state index contributed by atoms with van der Waals surface area (Å²) in [6.07, 6.45) is 0.778. The molecule has 2 aromatic heterocycles. The van der Waals surface area contributed by atoms with Crippen LogP contribution in [0, 0.1) is 5.41 Å². The molecule has 2 aromatic carbocycles. The van der Waals surface area contributed by atoms with Gasteiger partial charge in [-0.1, -0.05) is 29.5 Å². The fraction of sp³-hybridized carbons (Fsp3) is 0.367. The summed E-state index contributed by atoms with van der Waals surface area (Å²) < 4.78 is 17.6. The highest BCUT2D eigenvalue weighted by atomic mass is 16.7. The van der Waals surface area contributed by atoms with E-state index in [1.165, 1.54) is 6.92 Å². The van der Waals surface area contributed by atoms with E-state index >= 15 is 0 Å². The van der Waals surface area contributed by atoms with Crippen LogP contribution < -0.4 is 10.3 Å². The van der Waals surface area contributed by atoms with Gasteiger partial charge in [-0.3, -0.25) is 9.59 Å². The van der Waals surface area contributed by atoms with Crippen LogP contribution in [-0.4, -0.2) is 64.5 Å². The van der Waals surface area contributed by atoms with Crippen molar-refractivity contribution in [1.82, 2.24) is 20.0 Å². The predicted molar refractivity (Wildman–Crippen MR) is 153 cm³/mol. The van der Waals surface area contributed by atoms with Crippen LogP contribution in [0.15, 0.2) is 59.5 Å². The number of pyridine rings is 1. The lowest BCUT2D eigenvalue weighted by molar-refractivity contribution is -0.174. The highest BCUT2D eigenvalue weighted by Gasteiger charge is 2.26. The second kappa shape index (κ2) is 11.5. The summed E-state index contributed by atoms with van der Waals surface area (Å²) in [6, 6.07) is 14.1. The Bertz CT molecular complexity index is 1630. The van der Waals surface area contributed by atoms with Crippen LogP contribution >= 0.6 is 0 Å². The molecule has 1 unspecified atom stereocenters. The summed E-state index contributed by atoms with van der Waals surface area (Å²) in [5, 5.41) is 9.22. The number of nitrogens with one attached hydrogen (secondary N) is 1. The summed E-state index contributed by atoms with van der Waals surface area (Å²) in [6.45, 7) is 9.66. The van der Waals surface area contributed by atoms with Gasteiger partial charge in [0, 0.05) is 37.0 Å². The number of ether oxygens (including phenoxy) is 3. The number of H-pyrrole nitrogens is 1. The number of hydrogen-bond acceptors (Lipinski definition) is 9. The molecule has 1 saturated heterocycles. The molecule has 0 amide bonds. The minimum absolute atomic E-state index is 0.0688. The monoisotopic (exact) mass is 559 g/mol. The molecule has 1 aliphatic heterocycles. The first-order chi connectivity index (χ1) is 19.6. The fourth-order valence-electron chi connectivity index (χ4n) is 4.50. The number of morpholine rings is 1. The Balaban J connectivity index is 1.33. The minimum atomic E-state index is -1.02. The molecule has 1 aliphatic rings. The average molecular weight is 560 g/mol. The van der Waals surface area contributed by atoms with Crippen molar-refractivity contribution < 1.29 is 23.8 Å². The van der Waals surface area contributed by atoms with Crippen LogP contribution in [-0.2, 0) is 25.5 Å². The van der Waals surface area contributed by atoms with Gasteiger partial charge in [-0.25, -0.2) is 9.48 Å². The zero-order valence-electron chi connectivity index (χ0n) is 23.5. The Morgan fingerprint density at radius 3 is 2.59 bits per heavy atom. The van der Waals surface area contributed by atoms with Crippen LogP contribution in [0.3, 0.4) is 0 Å². The standard InChI is InChI=1S/C30H33N5O6/c1-19(41-29(38)30(2,3)4)40-28(37)21-8-5-7-20(15-21)17-35-18-24(32-33-35)22-9-6-10-23-25(36)16-26(31-27(22)23)34-11-13-39-14-12-34/h5-10,15-16,18-19H,11-14,17H2,1-4H3,(H,31,36). The van der Waals surface area contributed by atoms with Crippen molar-refractivity contribution in [2.75, 3.05) is 31.2 Å². The van der Waals surface area contributed by atoms with E-state index in [1.54, 1.807) is 62.0 Å². The molecule has 4 aromatic rings. The largest absolute Gasteiger partial charge is 0.425 e. The Hall–Kier alpha value is -4.51. The van der Waals surface area contributed by atoms with Crippen molar-refractivity contribution in [2.24, 2.45) is 5.41 Å². The van der Waals surface area contributed by atoms with E-state index in [1.807, 2.05) is 18.2 Å². The maximum absolute atomic E-state index is 12.9. The maximum Gasteiger partial charge on any atom is 0.341 e. The Kier molecular flexibility index (Phi) is 7.89. The van der Waals surface area contributed by atoms with Gasteiger partial charge in [-0.2, -0.15) is 0 Å². The quantitative estimate of drug-likeness (QED) is 0.266. The Morgan fingerprint density at radius 1 is 1.07 bits per heavy atom. The molecule has 5 rings (SSSR count). The van der Waals surface area contributed by atoms with E-state index in [0.29, 0.717) is 55.0 Å². The van der Waals surface area contributed by atoms with Gasteiger partial charge >= 0.3 is 11.9 Å². The van der Waals surface area contributed by atoms with Crippen LogP contribution in [0.4, 0.5) is 5.82 Å². The molecule has 0 saturated carbocycles. The molecule has 0 aliphatic carbocycles. The Labute approximate surface area is 237 Å². The number of aromatic nitrogens is 4. The smallest absolute Gasteiger partial charge is 0.341 e. The van der Waals surface area contributed by atoms with Gasteiger partial charge in [-0.15, -0.1) is 5.10 Å². The number of benzene rings is 2. The van der Waals surface area contributed by atoms with Crippen molar-refractivity contribution in [2.45, 2.75) is 40.5 Å². The molecule has 41 heavy (non-hydrogen) atoms. The molecule has 0 spiro atoms. The van der Waals surface area contributed by atoms with Gasteiger partial charge in [0.15, 0.2) is 5.43 Å². The number of para-hydroxylation sites is 1. The molecular formula is C30H33N5O6. The van der Waals surface area contributed by atoms with Gasteiger partial charge < -0.3 is 24.1 Å². The van der Waals surface area contributed by atoms with Crippen molar-refractivity contribution >= 4 is 28.7 Å². The second-order valence-electron chi connectivity index (χ2n) is 11.0. The van der Waals surface area contributed by atoms with E-state index in [2.05, 4.69) is 20.2 Å². The number of aromatic amines is 1. The SMILES string of the molecule is CC(OC(=O)c1cccc(Cn2cc(-c3cccc4c(=O)cc(N5CCOCC5)[nH]c34)nn2)c1)OC(=O)C(C)(C)C. The molecule has 0 bridgehead atoms. The van der Waals surface area contributed by atoms with E-state index in [0.717, 1.165) is 16.9 Å². The number of esters is 2. The molecule has 1 N–H and O–H groups in total. The first-order valence-corrected chi connectivity index (χ1v) is 13.5. The lowest BCUT2D eigenvalue weighted by Gasteiger charge is -2.28. The normalized spacial score (nSPS) is 14.6. The van der Waals surface area contributed by atoms with Crippen LogP contribution in [0.25, 0.3) is 22.2 Å². The molecule has 214 valence electrons. The number of nitrogens with zero attached hydrogens (tertiary/aromatic N) is 4. The van der Waals surface area contributed by atoms with Crippen LogP contribution in [0.2, 0.25) is 0 Å². The highest BCUT2D eigenvalue weighted by Crippen LogP contribution is 2.26. The van der Waals surface area contributed by atoms with E-state index in [9.17, 15) is 14.4 Å². The first-order valence-electron chi connectivity index (χ1n) is 13.5. The Morgan fingerprint density at radius 2 is 1.83 bits per heavy atom. The first kappa shape index (κ1) is 28.0. The van der Waals surface area contributed by atoms with Gasteiger partial charge in [-0.05, 0) is 44.5 Å². The molecule has 1 atom stereocenters. The third kappa shape index (κ3) is 6.46. The summed E-state index contributed by atoms with van der Waals surface area (Å²) in [7, 11) is 0. The summed E-state index contributed by atoms with van der Waals surface area (Å²) in [5.41, 5.74) is 2.41. The summed E-state index contributed by atoms with van der Waals surface area (Å²) in [4.78, 5) is 43.2. The third-order valence-corrected chi connectivity index (χ3v) is 6.68. The molecule has 11 heteroatoms. The van der Waals surface area contributed by atoms with Crippen molar-refractivity contribution in [3.63, 3.8) is 0 Å². The maximum atomic E-state index is 12.9. The number of carbonyl (C=O) groups is 2. The fourth-order valence-corrected chi connectivity index (χ4v) is 4.50. The molecule has 1 fully saturated rings. The van der Waals surface area contributed by atoms with Gasteiger partial charge in [0.1, 0.15) is 11.5 Å². The molecular weight excluding hydrogens is 526 g/mol. The number of anilines is 1. The number of fused-ring (bicyclic) bond motifs is 1. The molecule has 3 heterocycles. The number of hydrogen-bond donors (Lipinski definition) is 1.